The average molecular weight is 225 g/mol. The van der Waals surface area contributed by atoms with Crippen LogP contribution >= 0.6 is 0 Å². The third-order valence-electron chi connectivity index (χ3n) is 2.98. The summed E-state index contributed by atoms with van der Waals surface area (Å²) >= 11 is 0. The van der Waals surface area contributed by atoms with E-state index in [1.807, 2.05) is 25.0 Å². The van der Waals surface area contributed by atoms with Crippen molar-refractivity contribution < 1.29 is 4.74 Å². The first-order valence-electron chi connectivity index (χ1n) is 5.91. The molecule has 1 atom stereocenters. The van der Waals surface area contributed by atoms with Crippen molar-refractivity contribution in [3.8, 4) is 0 Å². The molecule has 0 saturated carbocycles. The number of rotatable bonds is 8. The number of ether oxygens (including phenoxy) is 1. The van der Waals surface area contributed by atoms with Crippen LogP contribution in [0.15, 0.2) is 12.3 Å². The molecule has 1 aromatic rings. The fraction of sp³-hybridized carbons (Fsp3) is 0.750. The molecular formula is C12H23N3O. The summed E-state index contributed by atoms with van der Waals surface area (Å²) in [4.78, 5) is 0. The molecule has 0 aliphatic heterocycles. The normalized spacial score (nSPS) is 12.9. The monoisotopic (exact) mass is 225 g/mol. The van der Waals surface area contributed by atoms with Crippen molar-refractivity contribution in [1.29, 1.82) is 0 Å². The number of nitrogens with one attached hydrogen (secondary N) is 1. The highest BCUT2D eigenvalue weighted by Gasteiger charge is 2.07. The summed E-state index contributed by atoms with van der Waals surface area (Å²) in [5.74, 6) is 0. The number of hydrogen-bond donors (Lipinski definition) is 1. The molecule has 1 aromatic heterocycles. The van der Waals surface area contributed by atoms with Crippen LogP contribution in [0.1, 0.15) is 25.0 Å². The number of hydrogen-bond acceptors (Lipinski definition) is 3. The maximum atomic E-state index is 5.06. The Balaban J connectivity index is 2.26. The van der Waals surface area contributed by atoms with E-state index in [2.05, 4.69) is 16.5 Å². The fourth-order valence-electron chi connectivity index (χ4n) is 1.88. The minimum absolute atomic E-state index is 0.574. The van der Waals surface area contributed by atoms with Crippen LogP contribution in [0.5, 0.6) is 0 Å². The second-order valence-electron chi connectivity index (χ2n) is 4.11. The van der Waals surface area contributed by atoms with Gasteiger partial charge in [-0.3, -0.25) is 4.68 Å². The third kappa shape index (κ3) is 4.33. The predicted molar refractivity (Wildman–Crippen MR) is 65.5 cm³/mol. The topological polar surface area (TPSA) is 39.1 Å². The molecule has 4 nitrogen and oxygen atoms in total. The van der Waals surface area contributed by atoms with Crippen molar-refractivity contribution in [1.82, 2.24) is 15.1 Å². The van der Waals surface area contributed by atoms with Crippen LogP contribution < -0.4 is 5.32 Å². The van der Waals surface area contributed by atoms with Gasteiger partial charge in [0, 0.05) is 38.7 Å². The van der Waals surface area contributed by atoms with Crippen LogP contribution in [0, 0.1) is 0 Å². The Morgan fingerprint density at radius 1 is 1.50 bits per heavy atom. The Bertz CT molecular complexity index is 286. The van der Waals surface area contributed by atoms with Gasteiger partial charge in [-0.1, -0.05) is 0 Å². The predicted octanol–water partition coefficient (Wildman–Crippen LogP) is 1.37. The molecule has 0 bridgehead atoms. The summed E-state index contributed by atoms with van der Waals surface area (Å²) in [5, 5.41) is 7.53. The lowest BCUT2D eigenvalue weighted by Gasteiger charge is -2.15. The fourth-order valence-corrected chi connectivity index (χ4v) is 1.88. The van der Waals surface area contributed by atoms with Crippen LogP contribution in [0.25, 0.3) is 0 Å². The van der Waals surface area contributed by atoms with Gasteiger partial charge in [0.05, 0.1) is 0 Å². The standard InChI is InChI=1S/C12H23N3O/c1-13-11(5-4-10-16-3)6-7-12-8-9-14-15(12)2/h8-9,11,13H,4-7,10H2,1-3H3. The van der Waals surface area contributed by atoms with Crippen molar-refractivity contribution in [3.63, 3.8) is 0 Å². The van der Waals surface area contributed by atoms with Crippen LogP contribution in [-0.2, 0) is 18.2 Å². The molecule has 0 aliphatic carbocycles. The molecule has 16 heavy (non-hydrogen) atoms. The van der Waals surface area contributed by atoms with Crippen LogP contribution in [0.4, 0.5) is 0 Å². The SMILES string of the molecule is CNC(CCCOC)CCc1ccnn1C. The zero-order valence-electron chi connectivity index (χ0n) is 10.6. The van der Waals surface area contributed by atoms with E-state index in [0.29, 0.717) is 6.04 Å². The van der Waals surface area contributed by atoms with Crippen LogP contribution in [-0.4, -0.2) is 36.6 Å². The summed E-state index contributed by atoms with van der Waals surface area (Å²) in [6, 6.07) is 2.66. The highest BCUT2D eigenvalue weighted by Crippen LogP contribution is 2.07. The van der Waals surface area contributed by atoms with Gasteiger partial charge < -0.3 is 10.1 Å². The summed E-state index contributed by atoms with van der Waals surface area (Å²) in [6.45, 7) is 0.851. The molecule has 0 saturated heterocycles. The lowest BCUT2D eigenvalue weighted by molar-refractivity contribution is 0.188. The zero-order chi connectivity index (χ0) is 11.8. The molecule has 0 spiro atoms. The average Bonchev–Trinajstić information content (AvgIpc) is 2.69. The smallest absolute Gasteiger partial charge is 0.0492 e. The van der Waals surface area contributed by atoms with Crippen LogP contribution in [0.2, 0.25) is 0 Å². The number of aromatic nitrogens is 2. The summed E-state index contributed by atoms with van der Waals surface area (Å²) < 4.78 is 7.01. The molecule has 4 heteroatoms. The second kappa shape index (κ2) is 7.41. The molecule has 0 amide bonds. The highest BCUT2D eigenvalue weighted by molar-refractivity contribution is 5.00. The van der Waals surface area contributed by atoms with Gasteiger partial charge in [-0.2, -0.15) is 5.10 Å². The van der Waals surface area contributed by atoms with Crippen molar-refractivity contribution in [3.05, 3.63) is 18.0 Å². The van der Waals surface area contributed by atoms with E-state index in [1.54, 1.807) is 7.11 Å². The molecule has 1 N–H and O–H groups in total. The largest absolute Gasteiger partial charge is 0.385 e. The van der Waals surface area contributed by atoms with Gasteiger partial charge in [-0.15, -0.1) is 0 Å². The van der Waals surface area contributed by atoms with Gasteiger partial charge in [0.1, 0.15) is 0 Å². The molecule has 1 rings (SSSR count). The van der Waals surface area contributed by atoms with E-state index in [4.69, 9.17) is 4.74 Å². The van der Waals surface area contributed by atoms with Crippen molar-refractivity contribution >= 4 is 0 Å². The van der Waals surface area contributed by atoms with Gasteiger partial charge in [-0.05, 0) is 38.8 Å². The summed E-state index contributed by atoms with van der Waals surface area (Å²) in [5.41, 5.74) is 1.30. The van der Waals surface area contributed by atoms with Crippen molar-refractivity contribution in [2.75, 3.05) is 20.8 Å². The zero-order valence-corrected chi connectivity index (χ0v) is 10.6. The van der Waals surface area contributed by atoms with Gasteiger partial charge in [0.2, 0.25) is 0 Å². The van der Waals surface area contributed by atoms with Crippen LogP contribution in [0.3, 0.4) is 0 Å². The first kappa shape index (κ1) is 13.2. The molecule has 1 heterocycles. The molecule has 0 fully saturated rings. The minimum atomic E-state index is 0.574. The Labute approximate surface area is 98.0 Å². The van der Waals surface area contributed by atoms with E-state index in [-0.39, 0.29) is 0 Å². The second-order valence-corrected chi connectivity index (χ2v) is 4.11. The molecule has 92 valence electrons. The molecule has 0 radical (unpaired) electrons. The Kier molecular flexibility index (Phi) is 6.11. The third-order valence-corrected chi connectivity index (χ3v) is 2.98. The number of methoxy groups -OCH3 is 1. The Morgan fingerprint density at radius 2 is 2.31 bits per heavy atom. The Hall–Kier alpha value is -0.870. The lowest BCUT2D eigenvalue weighted by Crippen LogP contribution is -2.26. The van der Waals surface area contributed by atoms with Crippen molar-refractivity contribution in [2.24, 2.45) is 7.05 Å². The van der Waals surface area contributed by atoms with Gasteiger partial charge >= 0.3 is 0 Å². The number of nitrogens with zero attached hydrogens (tertiary/aromatic N) is 2. The van der Waals surface area contributed by atoms with E-state index in [1.165, 1.54) is 12.1 Å². The summed E-state index contributed by atoms with van der Waals surface area (Å²) in [7, 11) is 5.78. The summed E-state index contributed by atoms with van der Waals surface area (Å²) in [6.07, 6.45) is 6.37. The lowest BCUT2D eigenvalue weighted by atomic mass is 10.0. The molecule has 0 aromatic carbocycles. The van der Waals surface area contributed by atoms with E-state index < -0.39 is 0 Å². The first-order chi connectivity index (χ1) is 7.77. The van der Waals surface area contributed by atoms with Gasteiger partial charge in [0.25, 0.3) is 0 Å². The van der Waals surface area contributed by atoms with E-state index >= 15 is 0 Å². The van der Waals surface area contributed by atoms with E-state index in [0.717, 1.165) is 25.9 Å². The minimum Gasteiger partial charge on any atom is -0.385 e. The Morgan fingerprint density at radius 3 is 2.88 bits per heavy atom. The van der Waals surface area contributed by atoms with Crippen molar-refractivity contribution in [2.45, 2.75) is 31.7 Å². The maximum Gasteiger partial charge on any atom is 0.0492 e. The van der Waals surface area contributed by atoms with Gasteiger partial charge in [0.15, 0.2) is 0 Å². The molecule has 0 aliphatic rings. The van der Waals surface area contributed by atoms with Gasteiger partial charge in [-0.25, -0.2) is 0 Å². The highest BCUT2D eigenvalue weighted by atomic mass is 16.5. The van der Waals surface area contributed by atoms with E-state index in [9.17, 15) is 0 Å². The quantitative estimate of drug-likeness (QED) is 0.679. The molecule has 1 unspecified atom stereocenters. The first-order valence-corrected chi connectivity index (χ1v) is 5.91. The molecular weight excluding hydrogens is 202 g/mol. The maximum absolute atomic E-state index is 5.06. The number of aryl methyl sites for hydroxylation is 2.